The van der Waals surface area contributed by atoms with Gasteiger partial charge in [0.15, 0.2) is 15.9 Å². The molecule has 0 aliphatic heterocycles. The number of carbonyl (C=O) groups is 1. The first-order chi connectivity index (χ1) is 8.81. The summed E-state index contributed by atoms with van der Waals surface area (Å²) in [6, 6.07) is 4.29. The lowest BCUT2D eigenvalue weighted by Gasteiger charge is -2.12. The summed E-state index contributed by atoms with van der Waals surface area (Å²) in [6.07, 6.45) is 1.44. The SMILES string of the molecule is CCOC(=O)C(O)c1ccc(S(C)(=O)=O)c(SC)c1. The van der Waals surface area contributed by atoms with E-state index in [0.29, 0.717) is 10.5 Å². The van der Waals surface area contributed by atoms with Crippen LogP contribution in [0.3, 0.4) is 0 Å². The maximum absolute atomic E-state index is 11.6. The molecule has 7 heteroatoms. The van der Waals surface area contributed by atoms with Gasteiger partial charge in [-0.05, 0) is 30.9 Å². The van der Waals surface area contributed by atoms with E-state index in [1.54, 1.807) is 13.2 Å². The van der Waals surface area contributed by atoms with Crippen LogP contribution in [0.5, 0.6) is 0 Å². The number of rotatable bonds is 5. The smallest absolute Gasteiger partial charge is 0.339 e. The van der Waals surface area contributed by atoms with Crippen LogP contribution in [0.4, 0.5) is 0 Å². The molecule has 0 saturated heterocycles. The Kier molecular flexibility index (Phi) is 5.39. The molecule has 1 aromatic carbocycles. The van der Waals surface area contributed by atoms with E-state index in [9.17, 15) is 18.3 Å². The second-order valence-electron chi connectivity index (χ2n) is 3.84. The number of thioether (sulfide) groups is 1. The number of carbonyl (C=O) groups excluding carboxylic acids is 1. The topological polar surface area (TPSA) is 80.7 Å². The first-order valence-corrected chi connectivity index (χ1v) is 8.65. The molecule has 0 aromatic heterocycles. The lowest BCUT2D eigenvalue weighted by Crippen LogP contribution is -2.15. The highest BCUT2D eigenvalue weighted by atomic mass is 32.2. The maximum atomic E-state index is 11.6. The quantitative estimate of drug-likeness (QED) is 0.654. The van der Waals surface area contributed by atoms with Gasteiger partial charge in [-0.15, -0.1) is 11.8 Å². The van der Waals surface area contributed by atoms with E-state index in [1.807, 2.05) is 0 Å². The first kappa shape index (κ1) is 16.0. The summed E-state index contributed by atoms with van der Waals surface area (Å²) in [7, 11) is -3.34. The molecule has 5 nitrogen and oxygen atoms in total. The van der Waals surface area contributed by atoms with Crippen LogP contribution in [0.1, 0.15) is 18.6 Å². The normalized spacial score (nSPS) is 13.1. The van der Waals surface area contributed by atoms with E-state index in [-0.39, 0.29) is 11.5 Å². The fraction of sp³-hybridized carbons (Fsp3) is 0.417. The Balaban J connectivity index is 3.17. The van der Waals surface area contributed by atoms with Crippen LogP contribution in [-0.2, 0) is 19.4 Å². The summed E-state index contributed by atoms with van der Waals surface area (Å²) in [5, 5.41) is 9.80. The fourth-order valence-corrected chi connectivity index (χ4v) is 3.48. The molecule has 19 heavy (non-hydrogen) atoms. The van der Waals surface area contributed by atoms with Crippen LogP contribution in [0, 0.1) is 0 Å². The number of benzene rings is 1. The summed E-state index contributed by atoms with van der Waals surface area (Å²) in [5.41, 5.74) is 0.315. The molecule has 0 heterocycles. The van der Waals surface area contributed by atoms with Gasteiger partial charge in [0.05, 0.1) is 11.5 Å². The summed E-state index contributed by atoms with van der Waals surface area (Å²) in [5.74, 6) is -0.748. The molecule has 0 amide bonds. The molecule has 1 unspecified atom stereocenters. The number of ether oxygens (including phenoxy) is 1. The van der Waals surface area contributed by atoms with Gasteiger partial charge in [0, 0.05) is 11.2 Å². The third-order valence-corrected chi connectivity index (χ3v) is 4.47. The Bertz CT molecular complexity index is 565. The van der Waals surface area contributed by atoms with E-state index in [4.69, 9.17) is 4.74 Å². The molecule has 106 valence electrons. The van der Waals surface area contributed by atoms with Crippen molar-refractivity contribution < 1.29 is 23.1 Å². The van der Waals surface area contributed by atoms with Crippen molar-refractivity contribution in [1.82, 2.24) is 0 Å². The van der Waals surface area contributed by atoms with Gasteiger partial charge in [-0.2, -0.15) is 0 Å². The first-order valence-electron chi connectivity index (χ1n) is 5.54. The van der Waals surface area contributed by atoms with E-state index in [2.05, 4.69) is 0 Å². The Labute approximate surface area is 116 Å². The second-order valence-corrected chi connectivity index (χ2v) is 6.67. The number of hydrogen-bond donors (Lipinski definition) is 1. The predicted molar refractivity (Wildman–Crippen MR) is 72.9 cm³/mol. The van der Waals surface area contributed by atoms with Crippen molar-refractivity contribution in [2.75, 3.05) is 19.1 Å². The third-order valence-electron chi connectivity index (χ3n) is 2.41. The molecule has 1 aromatic rings. The Hall–Kier alpha value is -1.05. The van der Waals surface area contributed by atoms with Gasteiger partial charge in [0.2, 0.25) is 0 Å². The zero-order valence-electron chi connectivity index (χ0n) is 10.9. The van der Waals surface area contributed by atoms with Gasteiger partial charge in [-0.25, -0.2) is 13.2 Å². The van der Waals surface area contributed by atoms with Crippen LogP contribution >= 0.6 is 11.8 Å². The Morgan fingerprint density at radius 2 is 2.11 bits per heavy atom. The number of sulfone groups is 1. The standard InChI is InChI=1S/C12H16O5S2/c1-4-17-12(14)11(13)8-5-6-10(19(3,15)16)9(7-8)18-2/h5-7,11,13H,4H2,1-3H3. The molecule has 0 bridgehead atoms. The molecule has 1 atom stereocenters. The fourth-order valence-electron chi connectivity index (χ4n) is 1.52. The van der Waals surface area contributed by atoms with E-state index >= 15 is 0 Å². The lowest BCUT2D eigenvalue weighted by molar-refractivity contribution is -0.153. The number of aliphatic hydroxyl groups excluding tert-OH is 1. The van der Waals surface area contributed by atoms with Crippen molar-refractivity contribution in [3.05, 3.63) is 23.8 Å². The molecule has 0 radical (unpaired) electrons. The van der Waals surface area contributed by atoms with Crippen molar-refractivity contribution in [3.63, 3.8) is 0 Å². The van der Waals surface area contributed by atoms with E-state index in [1.165, 1.54) is 30.0 Å². The molecule has 0 fully saturated rings. The number of hydrogen-bond acceptors (Lipinski definition) is 6. The molecule has 1 rings (SSSR count). The van der Waals surface area contributed by atoms with E-state index in [0.717, 1.165) is 6.26 Å². The lowest BCUT2D eigenvalue weighted by atomic mass is 10.1. The average Bonchev–Trinajstić information content (AvgIpc) is 2.36. The number of aliphatic hydroxyl groups is 1. The van der Waals surface area contributed by atoms with Crippen LogP contribution in [0.25, 0.3) is 0 Å². The van der Waals surface area contributed by atoms with Crippen molar-refractivity contribution in [2.24, 2.45) is 0 Å². The van der Waals surface area contributed by atoms with E-state index < -0.39 is 21.9 Å². The molecule has 1 N–H and O–H groups in total. The molecular weight excluding hydrogens is 288 g/mol. The van der Waals surface area contributed by atoms with Gasteiger partial charge >= 0.3 is 5.97 Å². The Morgan fingerprint density at radius 1 is 1.47 bits per heavy atom. The number of esters is 1. The van der Waals surface area contributed by atoms with Crippen molar-refractivity contribution in [3.8, 4) is 0 Å². The van der Waals surface area contributed by atoms with Crippen LogP contribution in [0.2, 0.25) is 0 Å². The Morgan fingerprint density at radius 3 is 2.58 bits per heavy atom. The summed E-state index contributed by atoms with van der Waals surface area (Å²) >= 11 is 1.24. The van der Waals surface area contributed by atoms with Gasteiger partial charge in [0.25, 0.3) is 0 Å². The highest BCUT2D eigenvalue weighted by molar-refractivity contribution is 7.99. The zero-order chi connectivity index (χ0) is 14.6. The molecule has 0 saturated carbocycles. The molecule has 0 spiro atoms. The van der Waals surface area contributed by atoms with Crippen molar-refractivity contribution >= 4 is 27.6 Å². The van der Waals surface area contributed by atoms with Crippen molar-refractivity contribution in [2.45, 2.75) is 22.8 Å². The van der Waals surface area contributed by atoms with Crippen molar-refractivity contribution in [1.29, 1.82) is 0 Å². The highest BCUT2D eigenvalue weighted by Crippen LogP contribution is 2.28. The molecule has 0 aliphatic rings. The van der Waals surface area contributed by atoms with Gasteiger partial charge in [0.1, 0.15) is 0 Å². The van der Waals surface area contributed by atoms with Crippen LogP contribution < -0.4 is 0 Å². The van der Waals surface area contributed by atoms with Gasteiger partial charge in [-0.3, -0.25) is 0 Å². The minimum Gasteiger partial charge on any atom is -0.464 e. The predicted octanol–water partition coefficient (Wildman–Crippen LogP) is 1.41. The van der Waals surface area contributed by atoms with Crippen LogP contribution in [-0.4, -0.2) is 38.6 Å². The van der Waals surface area contributed by atoms with Gasteiger partial charge in [-0.1, -0.05) is 6.07 Å². The molecular formula is C12H16O5S2. The summed E-state index contributed by atoms with van der Waals surface area (Å²) in [4.78, 5) is 12.1. The minimum atomic E-state index is -3.34. The summed E-state index contributed by atoms with van der Waals surface area (Å²) in [6.45, 7) is 1.82. The highest BCUT2D eigenvalue weighted by Gasteiger charge is 2.21. The van der Waals surface area contributed by atoms with Crippen LogP contribution in [0.15, 0.2) is 28.0 Å². The average molecular weight is 304 g/mol. The zero-order valence-corrected chi connectivity index (χ0v) is 12.5. The third kappa shape index (κ3) is 3.95. The minimum absolute atomic E-state index is 0.173. The maximum Gasteiger partial charge on any atom is 0.339 e. The molecule has 0 aliphatic carbocycles. The summed E-state index contributed by atoms with van der Waals surface area (Å²) < 4.78 is 27.8. The largest absolute Gasteiger partial charge is 0.464 e. The van der Waals surface area contributed by atoms with Gasteiger partial charge < -0.3 is 9.84 Å². The second kappa shape index (κ2) is 6.40. The monoisotopic (exact) mass is 304 g/mol.